The average Bonchev–Trinajstić information content (AvgIpc) is 2.79. The second-order valence-electron chi connectivity index (χ2n) is 6.32. The first-order valence-corrected chi connectivity index (χ1v) is 8.96. The first-order valence-electron chi connectivity index (χ1n) is 8.96. The third-order valence-electron chi connectivity index (χ3n) is 4.39. The number of nitro benzene ring substituents is 3. The Balaban J connectivity index is 2.06. The zero-order valence-corrected chi connectivity index (χ0v) is 16.5. The van der Waals surface area contributed by atoms with Crippen LogP contribution in [0.5, 0.6) is 5.75 Å². The number of hydrogen-bond acceptors (Lipinski definition) is 9. The largest absolute Gasteiger partial charge is 0.497 e. The summed E-state index contributed by atoms with van der Waals surface area (Å²) in [5.41, 5.74) is 2.87. The minimum Gasteiger partial charge on any atom is -0.497 e. The van der Waals surface area contributed by atoms with E-state index in [1.165, 1.54) is 37.4 Å². The molecule has 0 radical (unpaired) electrons. The Hall–Kier alpha value is -4.87. The molecule has 12 nitrogen and oxygen atoms in total. The highest BCUT2D eigenvalue weighted by atomic mass is 16.6. The Morgan fingerprint density at radius 2 is 1.31 bits per heavy atom. The summed E-state index contributed by atoms with van der Waals surface area (Å²) in [5.74, 6) is 0.593. The number of hydrogen-bond donors (Lipinski definition) is 1. The lowest BCUT2D eigenvalue weighted by molar-refractivity contribution is -0.393. The van der Waals surface area contributed by atoms with E-state index in [9.17, 15) is 30.3 Å². The molecule has 0 bridgehead atoms. The average molecular weight is 437 g/mol. The van der Waals surface area contributed by atoms with Crippen molar-refractivity contribution in [2.75, 3.05) is 12.5 Å². The number of nitrogens with zero attached hydrogens (tertiary/aromatic N) is 4. The molecule has 0 unspecified atom stereocenters. The maximum atomic E-state index is 11.4. The van der Waals surface area contributed by atoms with Crippen LogP contribution < -0.4 is 10.2 Å². The van der Waals surface area contributed by atoms with Crippen LogP contribution >= 0.6 is 0 Å². The minimum absolute atomic E-state index is 0.0616. The van der Waals surface area contributed by atoms with Crippen molar-refractivity contribution >= 4 is 28.5 Å². The van der Waals surface area contributed by atoms with Crippen molar-refractivity contribution in [3.63, 3.8) is 0 Å². The molecule has 162 valence electrons. The first kappa shape index (κ1) is 21.8. The SMILES string of the molecule is COc1ccc(/C(=N/Nc2ccc([N+](=O)[O-])cc2[N+](=O)[O-])c2ccc([N+](=O)[O-])cc2)cc1. The van der Waals surface area contributed by atoms with Crippen molar-refractivity contribution in [2.45, 2.75) is 0 Å². The number of ether oxygens (including phenoxy) is 1. The molecule has 0 saturated carbocycles. The summed E-state index contributed by atoms with van der Waals surface area (Å²) in [7, 11) is 1.51. The normalized spacial score (nSPS) is 11.0. The summed E-state index contributed by atoms with van der Waals surface area (Å²) in [6, 6.07) is 15.5. The summed E-state index contributed by atoms with van der Waals surface area (Å²) in [4.78, 5) is 31.2. The molecule has 0 aromatic heterocycles. The van der Waals surface area contributed by atoms with Crippen LogP contribution in [-0.4, -0.2) is 27.6 Å². The highest BCUT2D eigenvalue weighted by molar-refractivity contribution is 6.13. The Bertz CT molecular complexity index is 1210. The van der Waals surface area contributed by atoms with Gasteiger partial charge in [0, 0.05) is 29.3 Å². The molecule has 0 heterocycles. The molecular weight excluding hydrogens is 422 g/mol. The monoisotopic (exact) mass is 437 g/mol. The van der Waals surface area contributed by atoms with Gasteiger partial charge in [-0.05, 0) is 42.5 Å². The van der Waals surface area contributed by atoms with E-state index in [4.69, 9.17) is 4.74 Å². The topological polar surface area (TPSA) is 163 Å². The minimum atomic E-state index is -0.760. The fourth-order valence-electron chi connectivity index (χ4n) is 2.78. The Morgan fingerprint density at radius 3 is 1.81 bits per heavy atom. The molecule has 0 atom stereocenters. The van der Waals surface area contributed by atoms with Gasteiger partial charge in [0.05, 0.1) is 33.7 Å². The number of benzene rings is 3. The van der Waals surface area contributed by atoms with E-state index in [0.717, 1.165) is 12.1 Å². The zero-order chi connectivity index (χ0) is 23.3. The number of methoxy groups -OCH3 is 1. The summed E-state index contributed by atoms with van der Waals surface area (Å²) in [6.07, 6.45) is 0. The quantitative estimate of drug-likeness (QED) is 0.310. The van der Waals surface area contributed by atoms with Crippen molar-refractivity contribution in [1.29, 1.82) is 0 Å². The van der Waals surface area contributed by atoms with Crippen LogP contribution in [0.2, 0.25) is 0 Å². The molecule has 0 amide bonds. The van der Waals surface area contributed by atoms with Gasteiger partial charge in [-0.3, -0.25) is 35.8 Å². The number of non-ortho nitro benzene ring substituents is 2. The Morgan fingerprint density at radius 1 is 0.781 bits per heavy atom. The number of nitro groups is 3. The van der Waals surface area contributed by atoms with Gasteiger partial charge in [0.1, 0.15) is 11.4 Å². The second-order valence-corrected chi connectivity index (χ2v) is 6.32. The molecule has 0 aliphatic rings. The standard InChI is InChI=1S/C20H15N5O7/c1-32-17-9-4-14(5-10-17)20(13-2-6-15(7-3-13)23(26)27)22-21-18-11-8-16(24(28)29)12-19(18)25(30)31/h2-12,21H,1H3/b22-20+. The maximum Gasteiger partial charge on any atom is 0.301 e. The molecular formula is C20H15N5O7. The molecule has 32 heavy (non-hydrogen) atoms. The fraction of sp³-hybridized carbons (Fsp3) is 0.0500. The van der Waals surface area contributed by atoms with Gasteiger partial charge < -0.3 is 4.74 Å². The van der Waals surface area contributed by atoms with Crippen LogP contribution in [0.25, 0.3) is 0 Å². The van der Waals surface area contributed by atoms with Crippen molar-refractivity contribution in [2.24, 2.45) is 5.10 Å². The number of anilines is 1. The first-order chi connectivity index (χ1) is 15.3. The van der Waals surface area contributed by atoms with E-state index in [2.05, 4.69) is 10.5 Å². The van der Waals surface area contributed by atoms with Crippen molar-refractivity contribution in [3.05, 3.63) is 108 Å². The van der Waals surface area contributed by atoms with Gasteiger partial charge in [0.25, 0.3) is 11.4 Å². The lowest BCUT2D eigenvalue weighted by atomic mass is 10.0. The molecule has 3 aromatic rings. The molecule has 0 spiro atoms. The fourth-order valence-corrected chi connectivity index (χ4v) is 2.78. The van der Waals surface area contributed by atoms with E-state index in [1.54, 1.807) is 24.3 Å². The van der Waals surface area contributed by atoms with E-state index < -0.39 is 26.1 Å². The highest BCUT2D eigenvalue weighted by Gasteiger charge is 2.20. The van der Waals surface area contributed by atoms with Gasteiger partial charge in [-0.15, -0.1) is 0 Å². The van der Waals surface area contributed by atoms with Gasteiger partial charge in [-0.2, -0.15) is 5.10 Å². The van der Waals surface area contributed by atoms with Crippen LogP contribution in [0, 0.1) is 30.3 Å². The van der Waals surface area contributed by atoms with Crippen LogP contribution in [0.3, 0.4) is 0 Å². The molecule has 12 heteroatoms. The maximum absolute atomic E-state index is 11.4. The highest BCUT2D eigenvalue weighted by Crippen LogP contribution is 2.29. The van der Waals surface area contributed by atoms with Gasteiger partial charge in [-0.1, -0.05) is 0 Å². The van der Waals surface area contributed by atoms with Gasteiger partial charge >= 0.3 is 5.69 Å². The summed E-state index contributed by atoms with van der Waals surface area (Å²) in [6.45, 7) is 0. The Kier molecular flexibility index (Phi) is 6.34. The van der Waals surface area contributed by atoms with E-state index >= 15 is 0 Å². The van der Waals surface area contributed by atoms with Crippen molar-refractivity contribution in [3.8, 4) is 5.75 Å². The lowest BCUT2D eigenvalue weighted by Crippen LogP contribution is -2.08. The molecule has 0 fully saturated rings. The molecule has 1 N–H and O–H groups in total. The predicted octanol–water partition coefficient (Wildman–Crippen LogP) is 4.28. The van der Waals surface area contributed by atoms with E-state index in [-0.39, 0.29) is 11.4 Å². The number of rotatable bonds is 8. The third-order valence-corrected chi connectivity index (χ3v) is 4.39. The molecule has 0 aliphatic heterocycles. The molecule has 3 rings (SSSR count). The van der Waals surface area contributed by atoms with Crippen LogP contribution in [-0.2, 0) is 0 Å². The Labute approximate surface area is 180 Å². The van der Waals surface area contributed by atoms with E-state index in [1.807, 2.05) is 0 Å². The molecule has 3 aromatic carbocycles. The van der Waals surface area contributed by atoms with Gasteiger partial charge in [0.2, 0.25) is 0 Å². The summed E-state index contributed by atoms with van der Waals surface area (Å²) in [5, 5.41) is 37.5. The van der Waals surface area contributed by atoms with Crippen molar-refractivity contribution < 1.29 is 19.5 Å². The van der Waals surface area contributed by atoms with Crippen LogP contribution in [0.15, 0.2) is 71.8 Å². The molecule has 0 saturated heterocycles. The molecule has 0 aliphatic carbocycles. The predicted molar refractivity (Wildman–Crippen MR) is 115 cm³/mol. The number of nitrogens with one attached hydrogen (secondary N) is 1. The zero-order valence-electron chi connectivity index (χ0n) is 16.5. The smallest absolute Gasteiger partial charge is 0.301 e. The summed E-state index contributed by atoms with van der Waals surface area (Å²) < 4.78 is 5.14. The van der Waals surface area contributed by atoms with Gasteiger partial charge in [0.15, 0.2) is 0 Å². The van der Waals surface area contributed by atoms with Crippen molar-refractivity contribution in [1.82, 2.24) is 0 Å². The third kappa shape index (κ3) is 4.81. The summed E-state index contributed by atoms with van der Waals surface area (Å²) >= 11 is 0. The van der Waals surface area contributed by atoms with Crippen LogP contribution in [0.4, 0.5) is 22.7 Å². The number of hydrazone groups is 1. The van der Waals surface area contributed by atoms with Gasteiger partial charge in [-0.25, -0.2) is 0 Å². The van der Waals surface area contributed by atoms with E-state index in [0.29, 0.717) is 22.6 Å². The lowest BCUT2D eigenvalue weighted by Gasteiger charge is -2.10. The second kappa shape index (κ2) is 9.30. The van der Waals surface area contributed by atoms with Crippen LogP contribution in [0.1, 0.15) is 11.1 Å².